The first-order valence-electron chi connectivity index (χ1n) is 12.8. The summed E-state index contributed by atoms with van der Waals surface area (Å²) >= 11 is 6.47. The number of nitrogens with zero attached hydrogens (tertiary/aromatic N) is 3. The van der Waals surface area contributed by atoms with E-state index in [2.05, 4.69) is 5.32 Å². The van der Waals surface area contributed by atoms with Crippen LogP contribution >= 0.6 is 11.6 Å². The summed E-state index contributed by atoms with van der Waals surface area (Å²) < 4.78 is 10.6. The molecule has 1 aliphatic heterocycles. The zero-order valence-corrected chi connectivity index (χ0v) is 23.5. The summed E-state index contributed by atoms with van der Waals surface area (Å²) in [5.41, 5.74) is 1.88. The summed E-state index contributed by atoms with van der Waals surface area (Å²) in [6, 6.07) is 11.8. The van der Waals surface area contributed by atoms with E-state index in [1.54, 1.807) is 40.0 Å². The van der Waals surface area contributed by atoms with Crippen molar-refractivity contribution in [2.24, 2.45) is 0 Å². The normalized spacial score (nSPS) is 15.1. The third-order valence-electron chi connectivity index (χ3n) is 6.46. The number of amides is 4. The number of benzene rings is 2. The molecule has 38 heavy (non-hydrogen) atoms. The molecule has 0 bridgehead atoms. The first-order valence-corrected chi connectivity index (χ1v) is 13.2. The number of para-hydroxylation sites is 1. The van der Waals surface area contributed by atoms with Gasteiger partial charge in [-0.15, -0.1) is 0 Å². The zero-order valence-electron chi connectivity index (χ0n) is 22.7. The number of carbonyl (C=O) groups excluding carboxylic acids is 3. The van der Waals surface area contributed by atoms with E-state index in [-0.39, 0.29) is 49.6 Å². The van der Waals surface area contributed by atoms with Crippen molar-refractivity contribution >= 4 is 35.1 Å². The highest BCUT2D eigenvalue weighted by Gasteiger charge is 2.32. The zero-order chi connectivity index (χ0) is 27.8. The molecule has 0 saturated heterocycles. The van der Waals surface area contributed by atoms with Gasteiger partial charge >= 0.3 is 6.03 Å². The van der Waals surface area contributed by atoms with Crippen LogP contribution in [0.4, 0.5) is 10.5 Å². The Hall–Kier alpha value is -3.30. The Labute approximate surface area is 229 Å². The van der Waals surface area contributed by atoms with Gasteiger partial charge in [0, 0.05) is 44.5 Å². The van der Waals surface area contributed by atoms with E-state index in [0.29, 0.717) is 41.8 Å². The predicted molar refractivity (Wildman–Crippen MR) is 148 cm³/mol. The molecule has 1 N–H and O–H groups in total. The molecule has 0 aromatic heterocycles. The summed E-state index contributed by atoms with van der Waals surface area (Å²) in [7, 11) is 1.58. The molecule has 0 radical (unpaired) electrons. The quantitative estimate of drug-likeness (QED) is 0.511. The molecule has 2 aromatic carbocycles. The molecule has 1 heterocycles. The van der Waals surface area contributed by atoms with Gasteiger partial charge in [0.05, 0.1) is 30.3 Å². The third-order valence-corrected chi connectivity index (χ3v) is 6.77. The van der Waals surface area contributed by atoms with E-state index in [0.717, 1.165) is 5.56 Å². The summed E-state index contributed by atoms with van der Waals surface area (Å²) in [4.78, 5) is 44.7. The Bertz CT molecular complexity index is 1140. The van der Waals surface area contributed by atoms with E-state index in [4.69, 9.17) is 21.1 Å². The van der Waals surface area contributed by atoms with Crippen molar-refractivity contribution in [1.29, 1.82) is 0 Å². The van der Waals surface area contributed by atoms with Gasteiger partial charge in [0.1, 0.15) is 5.75 Å². The van der Waals surface area contributed by atoms with Crippen molar-refractivity contribution in [1.82, 2.24) is 15.1 Å². The number of ether oxygens (including phenoxy) is 2. The molecule has 1 atom stereocenters. The Morgan fingerprint density at radius 3 is 2.58 bits per heavy atom. The number of nitrogens with one attached hydrogen (secondary N) is 1. The van der Waals surface area contributed by atoms with Gasteiger partial charge in [-0.05, 0) is 57.5 Å². The lowest BCUT2D eigenvalue weighted by Gasteiger charge is -2.30. The molecule has 0 spiro atoms. The first kappa shape index (κ1) is 29.3. The minimum Gasteiger partial charge on any atom is -0.494 e. The number of rotatable bonds is 9. The van der Waals surface area contributed by atoms with Gasteiger partial charge < -0.3 is 29.5 Å². The Morgan fingerprint density at radius 2 is 1.92 bits per heavy atom. The Morgan fingerprint density at radius 1 is 1.18 bits per heavy atom. The molecule has 0 saturated carbocycles. The van der Waals surface area contributed by atoms with Crippen LogP contribution in [-0.4, -0.2) is 79.7 Å². The van der Waals surface area contributed by atoms with E-state index in [1.807, 2.05) is 52.0 Å². The number of hydrogen-bond donors (Lipinski definition) is 1. The highest BCUT2D eigenvalue weighted by atomic mass is 35.5. The van der Waals surface area contributed by atoms with Crippen LogP contribution in [0.25, 0.3) is 0 Å². The van der Waals surface area contributed by atoms with Crippen molar-refractivity contribution in [2.75, 3.05) is 44.9 Å². The van der Waals surface area contributed by atoms with Crippen molar-refractivity contribution in [2.45, 2.75) is 46.3 Å². The van der Waals surface area contributed by atoms with Crippen molar-refractivity contribution in [3.8, 4) is 5.75 Å². The van der Waals surface area contributed by atoms with Gasteiger partial charge in [-0.1, -0.05) is 29.8 Å². The Kier molecular flexibility index (Phi) is 10.4. The smallest absolute Gasteiger partial charge is 0.318 e. The van der Waals surface area contributed by atoms with Crippen molar-refractivity contribution < 1.29 is 23.9 Å². The van der Waals surface area contributed by atoms with E-state index >= 15 is 0 Å². The fourth-order valence-corrected chi connectivity index (χ4v) is 4.71. The molecular weight excluding hydrogens is 508 g/mol. The van der Waals surface area contributed by atoms with Crippen LogP contribution in [0.1, 0.15) is 43.6 Å². The summed E-state index contributed by atoms with van der Waals surface area (Å²) in [6.45, 7) is 9.37. The fraction of sp³-hybridized carbons (Fsp3) is 0.464. The van der Waals surface area contributed by atoms with Crippen LogP contribution in [0.5, 0.6) is 5.75 Å². The SMILES string of the molecule is CCOc1ccc(C(=O)N2C[C@@H](C)N(C(=O)NCC(=O)N(CCOC)C(C)C)Cc3ccccc32)c(Cl)c1. The number of carbonyl (C=O) groups is 3. The summed E-state index contributed by atoms with van der Waals surface area (Å²) in [6.07, 6.45) is 0. The highest BCUT2D eigenvalue weighted by molar-refractivity contribution is 6.34. The van der Waals surface area contributed by atoms with Gasteiger partial charge in [-0.3, -0.25) is 9.59 Å². The Balaban J connectivity index is 1.79. The number of hydrogen-bond acceptors (Lipinski definition) is 5. The van der Waals surface area contributed by atoms with Gasteiger partial charge in [-0.2, -0.15) is 0 Å². The highest BCUT2D eigenvalue weighted by Crippen LogP contribution is 2.31. The molecule has 206 valence electrons. The van der Waals surface area contributed by atoms with Gasteiger partial charge in [0.15, 0.2) is 0 Å². The van der Waals surface area contributed by atoms with Gasteiger partial charge in [0.25, 0.3) is 5.91 Å². The molecular formula is C28H37ClN4O5. The predicted octanol–water partition coefficient (Wildman–Crippen LogP) is 4.18. The van der Waals surface area contributed by atoms with Crippen LogP contribution in [0, 0.1) is 0 Å². The average Bonchev–Trinajstić information content (AvgIpc) is 3.04. The molecule has 9 nitrogen and oxygen atoms in total. The molecule has 2 aromatic rings. The minimum atomic E-state index is -0.371. The topological polar surface area (TPSA) is 91.4 Å². The molecule has 0 fully saturated rings. The number of fused-ring (bicyclic) bond motifs is 1. The molecule has 0 unspecified atom stereocenters. The van der Waals surface area contributed by atoms with Crippen LogP contribution < -0.4 is 15.0 Å². The summed E-state index contributed by atoms with van der Waals surface area (Å²) in [5.74, 6) is 0.144. The maximum Gasteiger partial charge on any atom is 0.318 e. The van der Waals surface area contributed by atoms with E-state index in [9.17, 15) is 14.4 Å². The first-order chi connectivity index (χ1) is 18.2. The maximum absolute atomic E-state index is 13.7. The lowest BCUT2D eigenvalue weighted by molar-refractivity contribution is -0.132. The lowest BCUT2D eigenvalue weighted by Crippen LogP contribution is -2.51. The van der Waals surface area contributed by atoms with Crippen LogP contribution in [0.3, 0.4) is 0 Å². The number of anilines is 1. The largest absolute Gasteiger partial charge is 0.494 e. The average molecular weight is 545 g/mol. The maximum atomic E-state index is 13.7. The molecule has 4 amide bonds. The second-order valence-corrected chi connectivity index (χ2v) is 9.84. The minimum absolute atomic E-state index is 0.0208. The van der Waals surface area contributed by atoms with E-state index < -0.39 is 0 Å². The van der Waals surface area contributed by atoms with Crippen molar-refractivity contribution in [3.05, 3.63) is 58.6 Å². The van der Waals surface area contributed by atoms with Gasteiger partial charge in [0.2, 0.25) is 5.91 Å². The second kappa shape index (κ2) is 13.5. The van der Waals surface area contributed by atoms with Crippen LogP contribution in [0.15, 0.2) is 42.5 Å². The number of urea groups is 1. The molecule has 3 rings (SSSR count). The molecule has 1 aliphatic rings. The van der Waals surface area contributed by atoms with Crippen LogP contribution in [-0.2, 0) is 16.1 Å². The fourth-order valence-electron chi connectivity index (χ4n) is 4.46. The lowest BCUT2D eigenvalue weighted by atomic mass is 10.1. The summed E-state index contributed by atoms with van der Waals surface area (Å²) in [5, 5.41) is 3.07. The molecule has 0 aliphatic carbocycles. The van der Waals surface area contributed by atoms with Crippen LogP contribution in [0.2, 0.25) is 5.02 Å². The third kappa shape index (κ3) is 6.96. The molecule has 10 heteroatoms. The second-order valence-electron chi connectivity index (χ2n) is 9.43. The van der Waals surface area contributed by atoms with Gasteiger partial charge in [-0.25, -0.2) is 4.79 Å². The van der Waals surface area contributed by atoms with E-state index in [1.165, 1.54) is 0 Å². The number of halogens is 1. The standard InChI is InChI=1S/C28H37ClN4O5/c1-6-38-22-11-12-23(24(29)15-22)27(35)33-17-20(4)32(18-21-9-7-8-10-25(21)33)28(36)30-16-26(34)31(19(2)3)13-14-37-5/h7-12,15,19-20H,6,13-14,16-18H2,1-5H3,(H,30,36)/t20-/m1/s1. The number of methoxy groups -OCH3 is 1. The van der Waals surface area contributed by atoms with Crippen molar-refractivity contribution in [3.63, 3.8) is 0 Å². The monoisotopic (exact) mass is 544 g/mol.